The van der Waals surface area contributed by atoms with Crippen LogP contribution in [-0.4, -0.2) is 34.7 Å². The molecule has 2 N–H and O–H groups in total. The predicted molar refractivity (Wildman–Crippen MR) is 58.6 cm³/mol. The number of urea groups is 1. The van der Waals surface area contributed by atoms with Gasteiger partial charge in [0.25, 0.3) is 0 Å². The van der Waals surface area contributed by atoms with Gasteiger partial charge in [-0.1, -0.05) is 4.49 Å². The van der Waals surface area contributed by atoms with Gasteiger partial charge in [0.1, 0.15) is 0 Å². The third-order valence-corrected chi connectivity index (χ3v) is 2.16. The molecule has 0 aliphatic heterocycles. The zero-order valence-electron chi connectivity index (χ0n) is 8.94. The molecule has 0 radical (unpaired) electrons. The van der Waals surface area contributed by atoms with Gasteiger partial charge in [-0.3, -0.25) is 5.32 Å². The maximum Gasteiger partial charge on any atom is 0.362 e. The van der Waals surface area contributed by atoms with Crippen molar-refractivity contribution in [3.8, 4) is 0 Å². The number of carbonyl (C=O) groups is 2. The van der Waals surface area contributed by atoms with Crippen molar-refractivity contribution >= 4 is 28.5 Å². The molecule has 1 heterocycles. The lowest BCUT2D eigenvalue weighted by atomic mass is 10.4. The van der Waals surface area contributed by atoms with Gasteiger partial charge in [-0.05, 0) is 13.8 Å². The summed E-state index contributed by atoms with van der Waals surface area (Å²) in [5.74, 6) is -0.594. The molecule has 1 aromatic heterocycles. The van der Waals surface area contributed by atoms with Crippen LogP contribution in [0.3, 0.4) is 0 Å². The van der Waals surface area contributed by atoms with E-state index in [1.165, 1.54) is 0 Å². The number of aromatic nitrogens is 2. The second-order valence-electron chi connectivity index (χ2n) is 2.66. The van der Waals surface area contributed by atoms with E-state index in [1.54, 1.807) is 13.8 Å². The van der Waals surface area contributed by atoms with E-state index in [2.05, 4.69) is 20.2 Å². The maximum atomic E-state index is 11.4. The quantitative estimate of drug-likeness (QED) is 0.766. The van der Waals surface area contributed by atoms with E-state index in [0.717, 1.165) is 11.5 Å². The number of carbonyl (C=O) groups excluding carboxylic acids is 2. The second kappa shape index (κ2) is 6.01. The third kappa shape index (κ3) is 3.16. The first kappa shape index (κ1) is 12.4. The van der Waals surface area contributed by atoms with Gasteiger partial charge < -0.3 is 10.1 Å². The number of hydrogen-bond donors (Lipinski definition) is 2. The highest BCUT2D eigenvalue weighted by molar-refractivity contribution is 7.10. The molecule has 16 heavy (non-hydrogen) atoms. The van der Waals surface area contributed by atoms with E-state index in [0.29, 0.717) is 6.54 Å². The Labute approximate surface area is 96.3 Å². The minimum Gasteiger partial charge on any atom is -0.461 e. The van der Waals surface area contributed by atoms with E-state index in [-0.39, 0.29) is 17.3 Å². The fraction of sp³-hybridized carbons (Fsp3) is 0.500. The molecule has 0 aliphatic rings. The molecule has 0 fully saturated rings. The van der Waals surface area contributed by atoms with Crippen molar-refractivity contribution in [2.24, 2.45) is 0 Å². The van der Waals surface area contributed by atoms with Crippen LogP contribution >= 0.6 is 11.5 Å². The fourth-order valence-electron chi connectivity index (χ4n) is 0.914. The molecule has 1 aromatic rings. The zero-order chi connectivity index (χ0) is 12.0. The smallest absolute Gasteiger partial charge is 0.362 e. The molecule has 0 saturated carbocycles. The lowest BCUT2D eigenvalue weighted by Gasteiger charge is -2.04. The Bertz CT molecular complexity index is 379. The molecule has 1 rings (SSSR count). The third-order valence-electron chi connectivity index (χ3n) is 1.52. The highest BCUT2D eigenvalue weighted by Gasteiger charge is 2.18. The van der Waals surface area contributed by atoms with Gasteiger partial charge in [0.2, 0.25) is 5.69 Å². The van der Waals surface area contributed by atoms with Crippen molar-refractivity contribution in [3.63, 3.8) is 0 Å². The van der Waals surface area contributed by atoms with Crippen LogP contribution in [0, 0.1) is 0 Å². The van der Waals surface area contributed by atoms with Crippen LogP contribution in [0.5, 0.6) is 0 Å². The van der Waals surface area contributed by atoms with Crippen LogP contribution < -0.4 is 10.6 Å². The lowest BCUT2D eigenvalue weighted by Crippen LogP contribution is -2.28. The molecule has 88 valence electrons. The number of amides is 2. The summed E-state index contributed by atoms with van der Waals surface area (Å²) in [4.78, 5) is 22.6. The fourth-order valence-corrected chi connectivity index (χ4v) is 1.47. The van der Waals surface area contributed by atoms with E-state index in [9.17, 15) is 9.59 Å². The molecule has 0 saturated heterocycles. The molecule has 0 bridgehead atoms. The minimum atomic E-state index is -0.594. The van der Waals surface area contributed by atoms with Crippen molar-refractivity contribution < 1.29 is 14.3 Å². The van der Waals surface area contributed by atoms with Crippen molar-refractivity contribution in [2.45, 2.75) is 13.8 Å². The number of esters is 1. The predicted octanol–water partition coefficient (Wildman–Crippen LogP) is 0.856. The molecule has 7 nitrogen and oxygen atoms in total. The molecule has 2 amide bonds. The van der Waals surface area contributed by atoms with Crippen LogP contribution in [0.4, 0.5) is 9.80 Å². The van der Waals surface area contributed by atoms with Crippen LogP contribution in [0.25, 0.3) is 0 Å². The number of rotatable bonds is 4. The van der Waals surface area contributed by atoms with Gasteiger partial charge in [0, 0.05) is 18.1 Å². The summed E-state index contributed by atoms with van der Waals surface area (Å²) in [6, 6.07) is -0.404. The number of hydrogen-bond acceptors (Lipinski definition) is 6. The van der Waals surface area contributed by atoms with E-state index < -0.39 is 12.0 Å². The monoisotopic (exact) mass is 244 g/mol. The molecule has 8 heteroatoms. The Hall–Kier alpha value is -1.70. The van der Waals surface area contributed by atoms with E-state index >= 15 is 0 Å². The Morgan fingerprint density at radius 3 is 2.81 bits per heavy atom. The van der Waals surface area contributed by atoms with Gasteiger partial charge in [-0.25, -0.2) is 9.59 Å². The summed E-state index contributed by atoms with van der Waals surface area (Å²) in [5.41, 5.74) is 0.0260. The van der Waals surface area contributed by atoms with Crippen molar-refractivity contribution in [3.05, 3.63) is 5.69 Å². The van der Waals surface area contributed by atoms with Gasteiger partial charge in [0.15, 0.2) is 5.00 Å². The lowest BCUT2D eigenvalue weighted by molar-refractivity contribution is 0.0520. The first-order chi connectivity index (χ1) is 7.69. The second-order valence-corrected chi connectivity index (χ2v) is 3.41. The number of nitrogens with zero attached hydrogens (tertiary/aromatic N) is 2. The zero-order valence-corrected chi connectivity index (χ0v) is 9.76. The molecule has 0 aromatic carbocycles. The molecule has 0 spiro atoms. The van der Waals surface area contributed by atoms with E-state index in [4.69, 9.17) is 4.74 Å². The average Bonchev–Trinajstić information content (AvgIpc) is 2.66. The normalized spacial score (nSPS) is 9.62. The summed E-state index contributed by atoms with van der Waals surface area (Å²) in [5, 5.41) is 8.89. The average molecular weight is 244 g/mol. The van der Waals surface area contributed by atoms with Crippen LogP contribution in [-0.2, 0) is 4.74 Å². The molecule has 0 unspecified atom stereocenters. The van der Waals surface area contributed by atoms with Crippen LogP contribution in [0.2, 0.25) is 0 Å². The van der Waals surface area contributed by atoms with Crippen molar-refractivity contribution in [1.29, 1.82) is 0 Å². The number of ether oxygens (including phenoxy) is 1. The number of nitrogens with one attached hydrogen (secondary N) is 2. The molecular formula is C8H12N4O3S. The van der Waals surface area contributed by atoms with Crippen molar-refractivity contribution in [1.82, 2.24) is 14.9 Å². The first-order valence-electron chi connectivity index (χ1n) is 4.73. The summed E-state index contributed by atoms with van der Waals surface area (Å²) >= 11 is 0.924. The van der Waals surface area contributed by atoms with Gasteiger partial charge in [-0.2, -0.15) is 0 Å². The van der Waals surface area contributed by atoms with E-state index in [1.807, 2.05) is 0 Å². The van der Waals surface area contributed by atoms with Crippen LogP contribution in [0.15, 0.2) is 0 Å². The Morgan fingerprint density at radius 1 is 1.44 bits per heavy atom. The minimum absolute atomic E-state index is 0.0260. The summed E-state index contributed by atoms with van der Waals surface area (Å²) < 4.78 is 8.35. The standard InChI is InChI=1S/C8H12N4O3S/c1-3-9-8(14)10-6-5(11-12-16-6)7(13)15-4-2/h3-4H2,1-2H3,(H2,9,10,14). The summed E-state index contributed by atoms with van der Waals surface area (Å²) in [6.07, 6.45) is 0. The highest BCUT2D eigenvalue weighted by Crippen LogP contribution is 2.18. The first-order valence-corrected chi connectivity index (χ1v) is 5.50. The van der Waals surface area contributed by atoms with Crippen LogP contribution in [0.1, 0.15) is 24.3 Å². The molecule has 0 aliphatic carbocycles. The van der Waals surface area contributed by atoms with Gasteiger partial charge in [0.05, 0.1) is 6.61 Å². The highest BCUT2D eigenvalue weighted by atomic mass is 32.1. The molecular weight excluding hydrogens is 232 g/mol. The Balaban J connectivity index is 2.70. The maximum absolute atomic E-state index is 11.4. The van der Waals surface area contributed by atoms with Gasteiger partial charge >= 0.3 is 12.0 Å². The topological polar surface area (TPSA) is 93.2 Å². The van der Waals surface area contributed by atoms with Crippen molar-refractivity contribution in [2.75, 3.05) is 18.5 Å². The molecule has 0 atom stereocenters. The summed E-state index contributed by atoms with van der Waals surface area (Å²) in [6.45, 7) is 4.22. The summed E-state index contributed by atoms with van der Waals surface area (Å²) in [7, 11) is 0. The SMILES string of the molecule is CCNC(=O)Nc1snnc1C(=O)OCC. The largest absolute Gasteiger partial charge is 0.461 e. The Morgan fingerprint density at radius 2 is 2.19 bits per heavy atom. The number of anilines is 1. The van der Waals surface area contributed by atoms with Gasteiger partial charge in [-0.15, -0.1) is 5.10 Å². The Kier molecular flexibility index (Phi) is 4.65.